The fourth-order valence-corrected chi connectivity index (χ4v) is 1.65. The normalized spacial score (nSPS) is 10.5. The van der Waals surface area contributed by atoms with Crippen molar-refractivity contribution in [3.05, 3.63) is 54.6 Å². The summed E-state index contributed by atoms with van der Waals surface area (Å²) in [4.78, 5) is 10.6. The lowest BCUT2D eigenvalue weighted by molar-refractivity contribution is -0.150. The Morgan fingerprint density at radius 2 is 1.77 bits per heavy atom. The van der Waals surface area contributed by atoms with Crippen LogP contribution in [0, 0.1) is 5.92 Å². The highest BCUT2D eigenvalue weighted by Crippen LogP contribution is 2.13. The van der Waals surface area contributed by atoms with Gasteiger partial charge >= 0.3 is 5.97 Å². The van der Waals surface area contributed by atoms with Gasteiger partial charge in [-0.15, -0.1) is 0 Å². The average Bonchev–Trinajstić information content (AvgIpc) is 2.47. The van der Waals surface area contributed by atoms with Gasteiger partial charge in [0.2, 0.25) is 0 Å². The summed E-state index contributed by atoms with van der Waals surface area (Å²) >= 11 is 0. The highest BCUT2D eigenvalue weighted by molar-refractivity contribution is 5.81. The predicted molar refractivity (Wildman–Crippen MR) is 95.7 cm³/mol. The molecule has 0 saturated heterocycles. The molecule has 1 rings (SSSR count). The number of benzene rings is 1. The maximum Gasteiger partial charge on any atom is 0.330 e. The zero-order valence-corrected chi connectivity index (χ0v) is 14.7. The Morgan fingerprint density at radius 3 is 2.14 bits per heavy atom. The first-order valence-corrected chi connectivity index (χ1v) is 7.80. The maximum absolute atomic E-state index is 10.6. The van der Waals surface area contributed by atoms with E-state index in [9.17, 15) is 4.79 Å². The first-order valence-electron chi connectivity index (χ1n) is 7.80. The van der Waals surface area contributed by atoms with Gasteiger partial charge < -0.3 is 4.74 Å². The second kappa shape index (κ2) is 9.99. The van der Waals surface area contributed by atoms with Crippen molar-refractivity contribution in [2.45, 2.75) is 53.1 Å². The molecule has 0 aliphatic heterocycles. The summed E-state index contributed by atoms with van der Waals surface area (Å²) in [7, 11) is 0. The summed E-state index contributed by atoms with van der Waals surface area (Å²) in [5.74, 6) is 0.381. The second-order valence-electron chi connectivity index (χ2n) is 6.28. The first kappa shape index (κ1) is 20.2. The average molecular weight is 302 g/mol. The third-order valence-electron chi connectivity index (χ3n) is 3.25. The second-order valence-corrected chi connectivity index (χ2v) is 6.28. The molecule has 0 unspecified atom stereocenters. The number of carbonyl (C=O) groups is 1. The van der Waals surface area contributed by atoms with Crippen molar-refractivity contribution in [3.63, 3.8) is 0 Å². The van der Waals surface area contributed by atoms with Crippen molar-refractivity contribution in [1.82, 2.24) is 0 Å². The molecule has 2 nitrogen and oxygen atoms in total. The van der Waals surface area contributed by atoms with Crippen LogP contribution in [0.4, 0.5) is 0 Å². The largest absolute Gasteiger partial charge is 0.457 e. The Balaban J connectivity index is 0.000000409. The summed E-state index contributed by atoms with van der Waals surface area (Å²) < 4.78 is 4.98. The van der Waals surface area contributed by atoms with Crippen molar-refractivity contribution >= 4 is 12.0 Å². The van der Waals surface area contributed by atoms with Gasteiger partial charge in [0.25, 0.3) is 0 Å². The highest BCUT2D eigenvalue weighted by atomic mass is 16.6. The van der Waals surface area contributed by atoms with Gasteiger partial charge in [-0.3, -0.25) is 0 Å². The molecule has 0 N–H and O–H groups in total. The third kappa shape index (κ3) is 9.17. The molecule has 0 saturated carbocycles. The van der Waals surface area contributed by atoms with Crippen LogP contribution >= 0.6 is 0 Å². The van der Waals surface area contributed by atoms with E-state index in [0.717, 1.165) is 18.8 Å². The summed E-state index contributed by atoms with van der Waals surface area (Å²) in [6, 6.07) is 8.59. The molecule has 0 amide bonds. The van der Waals surface area contributed by atoms with E-state index in [-0.39, 0.29) is 11.6 Å². The Kier molecular flexibility index (Phi) is 9.16. The van der Waals surface area contributed by atoms with Crippen LogP contribution in [0.2, 0.25) is 0 Å². The molecule has 0 spiro atoms. The number of esters is 1. The minimum atomic E-state index is -0.356. The lowest BCUT2D eigenvalue weighted by Gasteiger charge is -2.21. The molecule has 0 fully saturated rings. The molecule has 0 aliphatic rings. The summed E-state index contributed by atoms with van der Waals surface area (Å²) in [5.41, 5.74) is 2.25. The molecule has 1 aromatic rings. The molecule has 0 aromatic heterocycles. The summed E-state index contributed by atoms with van der Waals surface area (Å²) in [5, 5.41) is 0. The van der Waals surface area contributed by atoms with Crippen LogP contribution in [0.5, 0.6) is 0 Å². The van der Waals surface area contributed by atoms with E-state index in [1.165, 1.54) is 17.2 Å². The lowest BCUT2D eigenvalue weighted by atomic mass is 10.0. The third-order valence-corrected chi connectivity index (χ3v) is 3.25. The van der Waals surface area contributed by atoms with Crippen LogP contribution < -0.4 is 0 Å². The molecule has 2 heteroatoms. The van der Waals surface area contributed by atoms with E-state index in [1.807, 2.05) is 26.8 Å². The van der Waals surface area contributed by atoms with Gasteiger partial charge in [0.1, 0.15) is 5.60 Å². The Hall–Kier alpha value is -1.83. The van der Waals surface area contributed by atoms with Gasteiger partial charge in [-0.2, -0.15) is 0 Å². The number of carbonyl (C=O) groups excluding carboxylic acids is 1. The minimum Gasteiger partial charge on any atom is -0.457 e. The van der Waals surface area contributed by atoms with Crippen LogP contribution in [0.25, 0.3) is 6.08 Å². The molecule has 0 bridgehead atoms. The van der Waals surface area contributed by atoms with Gasteiger partial charge in [-0.05, 0) is 43.7 Å². The standard InChI is InChI=1S/C12H16.C8H14O2/c1-4-11-5-7-12(8-6-11)9-10(2)3;1-5-7(9)10-8(3,4)6-2/h4-8,10H,1,9H2,2-3H3;5H,1,6H2,2-4H3. The lowest BCUT2D eigenvalue weighted by Crippen LogP contribution is -2.25. The van der Waals surface area contributed by atoms with Gasteiger partial charge in [-0.1, -0.05) is 64.3 Å². The van der Waals surface area contributed by atoms with E-state index in [0.29, 0.717) is 0 Å². The van der Waals surface area contributed by atoms with Crippen LogP contribution in [0.3, 0.4) is 0 Å². The first-order chi connectivity index (χ1) is 10.2. The SMILES string of the molecule is C=CC(=O)OC(C)(C)CC.C=Cc1ccc(CC(C)C)cc1. The van der Waals surface area contributed by atoms with E-state index in [1.54, 1.807) is 0 Å². The molecule has 0 aliphatic carbocycles. The zero-order valence-electron chi connectivity index (χ0n) is 14.7. The van der Waals surface area contributed by atoms with Gasteiger partial charge in [-0.25, -0.2) is 4.79 Å². The maximum atomic E-state index is 10.6. The molecule has 0 radical (unpaired) electrons. The zero-order chi connectivity index (χ0) is 17.2. The molecule has 0 heterocycles. The van der Waals surface area contributed by atoms with Crippen molar-refractivity contribution < 1.29 is 9.53 Å². The van der Waals surface area contributed by atoms with E-state index < -0.39 is 0 Å². The molecule has 122 valence electrons. The molecular weight excluding hydrogens is 272 g/mol. The number of hydrogen-bond donors (Lipinski definition) is 0. The van der Waals surface area contributed by atoms with Crippen LogP contribution in [0.15, 0.2) is 43.5 Å². The van der Waals surface area contributed by atoms with Crippen molar-refractivity contribution in [1.29, 1.82) is 0 Å². The van der Waals surface area contributed by atoms with E-state index in [4.69, 9.17) is 4.74 Å². The molecule has 22 heavy (non-hydrogen) atoms. The monoisotopic (exact) mass is 302 g/mol. The summed E-state index contributed by atoms with van der Waals surface area (Å²) in [6.45, 7) is 17.2. The molecule has 0 atom stereocenters. The predicted octanol–water partition coefficient (Wildman–Crippen LogP) is 5.43. The van der Waals surface area contributed by atoms with Crippen molar-refractivity contribution in [3.8, 4) is 0 Å². The Labute approximate surface area is 135 Å². The fraction of sp³-hybridized carbons (Fsp3) is 0.450. The van der Waals surface area contributed by atoms with E-state index in [2.05, 4.69) is 51.3 Å². The van der Waals surface area contributed by atoms with Gasteiger partial charge in [0.15, 0.2) is 0 Å². The smallest absolute Gasteiger partial charge is 0.330 e. The van der Waals surface area contributed by atoms with Crippen LogP contribution in [-0.2, 0) is 16.0 Å². The quantitative estimate of drug-likeness (QED) is 0.517. The number of ether oxygens (including phenoxy) is 1. The van der Waals surface area contributed by atoms with Gasteiger partial charge in [0, 0.05) is 6.08 Å². The van der Waals surface area contributed by atoms with Crippen molar-refractivity contribution in [2.24, 2.45) is 5.92 Å². The topological polar surface area (TPSA) is 26.3 Å². The molecular formula is C20H30O2. The minimum absolute atomic E-state index is 0.355. The van der Waals surface area contributed by atoms with Crippen LogP contribution in [-0.4, -0.2) is 11.6 Å². The fourth-order valence-electron chi connectivity index (χ4n) is 1.65. The summed E-state index contributed by atoms with van der Waals surface area (Å²) in [6.07, 6.45) is 5.03. The number of hydrogen-bond acceptors (Lipinski definition) is 2. The highest BCUT2D eigenvalue weighted by Gasteiger charge is 2.18. The van der Waals surface area contributed by atoms with Crippen LogP contribution in [0.1, 0.15) is 52.2 Å². The van der Waals surface area contributed by atoms with Gasteiger partial charge in [0.05, 0.1) is 0 Å². The van der Waals surface area contributed by atoms with E-state index >= 15 is 0 Å². The Morgan fingerprint density at radius 1 is 1.23 bits per heavy atom. The Bertz CT molecular complexity index is 467. The van der Waals surface area contributed by atoms with Crippen molar-refractivity contribution in [2.75, 3.05) is 0 Å². The number of rotatable bonds is 6. The molecule has 1 aromatic carbocycles.